The highest BCUT2D eigenvalue weighted by atomic mass is 16.6. The molecule has 0 fully saturated rings. The summed E-state index contributed by atoms with van der Waals surface area (Å²) in [7, 11) is 0. The molecule has 80 heavy (non-hydrogen) atoms. The van der Waals surface area contributed by atoms with Crippen molar-refractivity contribution in [1.29, 1.82) is 0 Å². The quantitative estimate of drug-likeness (QED) is 0.0261. The second-order valence-corrected chi connectivity index (χ2v) is 20.5. The number of ether oxygens (including phenoxy) is 3. The third-order valence-electron chi connectivity index (χ3n) is 12.9. The first-order chi connectivity index (χ1) is 39.5. The second-order valence-electron chi connectivity index (χ2n) is 20.5. The summed E-state index contributed by atoms with van der Waals surface area (Å²) in [5.41, 5.74) is 0. The molecular formula is C74H116O6. The van der Waals surface area contributed by atoms with Gasteiger partial charge in [0.15, 0.2) is 6.10 Å². The minimum Gasteiger partial charge on any atom is -0.462 e. The lowest BCUT2D eigenvalue weighted by Gasteiger charge is -2.18. The summed E-state index contributed by atoms with van der Waals surface area (Å²) in [4.78, 5) is 38.3. The van der Waals surface area contributed by atoms with Crippen LogP contribution in [0.1, 0.15) is 258 Å². The van der Waals surface area contributed by atoms with Crippen LogP contribution in [0.15, 0.2) is 170 Å². The van der Waals surface area contributed by atoms with Gasteiger partial charge < -0.3 is 14.2 Å². The average Bonchev–Trinajstić information content (AvgIpc) is 3.46. The van der Waals surface area contributed by atoms with Crippen molar-refractivity contribution in [2.75, 3.05) is 13.2 Å². The van der Waals surface area contributed by atoms with Crippen LogP contribution in [0.25, 0.3) is 0 Å². The molecule has 0 bridgehead atoms. The normalized spacial score (nSPS) is 13.3. The first kappa shape index (κ1) is 74.8. The molecule has 0 aliphatic rings. The Labute approximate surface area is 492 Å². The molecule has 448 valence electrons. The first-order valence-corrected chi connectivity index (χ1v) is 32.1. The topological polar surface area (TPSA) is 78.9 Å². The van der Waals surface area contributed by atoms with Gasteiger partial charge in [0.05, 0.1) is 0 Å². The number of carbonyl (C=O) groups excluding carboxylic acids is 3. The van der Waals surface area contributed by atoms with Gasteiger partial charge in [0.1, 0.15) is 13.2 Å². The molecule has 6 heteroatoms. The van der Waals surface area contributed by atoms with Gasteiger partial charge in [-0.1, -0.05) is 262 Å². The highest BCUT2D eigenvalue weighted by Crippen LogP contribution is 2.13. The van der Waals surface area contributed by atoms with Gasteiger partial charge in [-0.05, 0) is 148 Å². The summed E-state index contributed by atoms with van der Waals surface area (Å²) in [6.07, 6.45) is 97.9. The predicted octanol–water partition coefficient (Wildman–Crippen LogP) is 22.3. The van der Waals surface area contributed by atoms with E-state index >= 15 is 0 Å². The lowest BCUT2D eigenvalue weighted by Crippen LogP contribution is -2.30. The van der Waals surface area contributed by atoms with E-state index in [-0.39, 0.29) is 37.5 Å². The zero-order valence-electron chi connectivity index (χ0n) is 51.3. The second kappa shape index (κ2) is 66.3. The molecule has 0 aliphatic heterocycles. The number of carbonyl (C=O) groups is 3. The van der Waals surface area contributed by atoms with E-state index in [4.69, 9.17) is 14.2 Å². The molecule has 0 amide bonds. The Hall–Kier alpha value is -5.23. The van der Waals surface area contributed by atoms with E-state index in [0.717, 1.165) is 161 Å². The fourth-order valence-electron chi connectivity index (χ4n) is 8.19. The van der Waals surface area contributed by atoms with Crippen LogP contribution in [0, 0.1) is 0 Å². The highest BCUT2D eigenvalue weighted by Gasteiger charge is 2.19. The summed E-state index contributed by atoms with van der Waals surface area (Å²) < 4.78 is 16.8. The average molecular weight is 1100 g/mol. The van der Waals surface area contributed by atoms with Crippen LogP contribution in [0.3, 0.4) is 0 Å². The van der Waals surface area contributed by atoms with Crippen LogP contribution in [-0.2, 0) is 28.6 Å². The number of allylic oxidation sites excluding steroid dienone is 28. The summed E-state index contributed by atoms with van der Waals surface area (Å²) in [5.74, 6) is -1.01. The molecule has 0 aromatic carbocycles. The molecule has 0 N–H and O–H groups in total. The Morgan fingerprint density at radius 2 is 0.500 bits per heavy atom. The Balaban J connectivity index is 4.47. The van der Waals surface area contributed by atoms with Gasteiger partial charge in [0.25, 0.3) is 0 Å². The lowest BCUT2D eigenvalue weighted by atomic mass is 10.1. The van der Waals surface area contributed by atoms with Crippen LogP contribution >= 0.6 is 0 Å². The van der Waals surface area contributed by atoms with Crippen molar-refractivity contribution in [3.8, 4) is 0 Å². The van der Waals surface area contributed by atoms with E-state index in [2.05, 4.69) is 191 Å². The molecule has 0 rings (SSSR count). The van der Waals surface area contributed by atoms with E-state index < -0.39 is 6.10 Å². The first-order valence-electron chi connectivity index (χ1n) is 32.1. The molecule has 0 aromatic heterocycles. The maximum Gasteiger partial charge on any atom is 0.306 e. The van der Waals surface area contributed by atoms with E-state index in [0.29, 0.717) is 19.3 Å². The van der Waals surface area contributed by atoms with Crippen molar-refractivity contribution in [1.82, 2.24) is 0 Å². The Kier molecular flexibility index (Phi) is 61.9. The van der Waals surface area contributed by atoms with Gasteiger partial charge >= 0.3 is 17.9 Å². The van der Waals surface area contributed by atoms with Crippen molar-refractivity contribution in [2.24, 2.45) is 0 Å². The smallest absolute Gasteiger partial charge is 0.306 e. The minimum atomic E-state index is -0.829. The van der Waals surface area contributed by atoms with Crippen molar-refractivity contribution >= 4 is 17.9 Å². The van der Waals surface area contributed by atoms with Gasteiger partial charge in [-0.2, -0.15) is 0 Å². The van der Waals surface area contributed by atoms with E-state index in [1.54, 1.807) is 0 Å². The van der Waals surface area contributed by atoms with Gasteiger partial charge in [0, 0.05) is 19.3 Å². The minimum absolute atomic E-state index is 0.119. The standard InChI is InChI=1S/C74H116O6/c1-4-7-10-13-16-19-22-25-28-31-32-33-34-35-36-37-38-39-40-41-42-44-46-49-52-55-58-61-64-67-73(76)79-70-71(69-78-72(75)66-63-60-57-54-51-48-45-30-27-24-21-18-15-12-9-6-3)80-74(77)68-65-62-59-56-53-50-47-43-29-26-23-20-17-14-11-8-5-2/h7-8,10-11,16-17,19-21,24-26,28-30,32-33,35-36,38-39,41-42,45,47,50,56,59,71H,4-6,9,12-15,18,22-23,27,31,34,37,40,43-44,46,48-49,51-55,57-58,60-70H2,1-3H3/b10-7-,11-8-,19-16-,20-17-,24-21-,28-25-,29-26-,33-32-,36-35-,39-38-,42-41-,45-30-,50-47-,59-56-. The van der Waals surface area contributed by atoms with Crippen LogP contribution in [0.4, 0.5) is 0 Å². The summed E-state index contributed by atoms with van der Waals surface area (Å²) in [6, 6.07) is 0. The van der Waals surface area contributed by atoms with Gasteiger partial charge in [-0.25, -0.2) is 0 Å². The molecule has 6 nitrogen and oxygen atoms in total. The summed E-state index contributed by atoms with van der Waals surface area (Å²) in [6.45, 7) is 6.32. The summed E-state index contributed by atoms with van der Waals surface area (Å²) in [5, 5.41) is 0. The maximum atomic E-state index is 12.9. The summed E-state index contributed by atoms with van der Waals surface area (Å²) >= 11 is 0. The largest absolute Gasteiger partial charge is 0.462 e. The molecule has 1 unspecified atom stereocenters. The van der Waals surface area contributed by atoms with E-state index in [1.165, 1.54) is 51.4 Å². The molecule has 0 heterocycles. The van der Waals surface area contributed by atoms with Crippen LogP contribution in [0.5, 0.6) is 0 Å². The third-order valence-corrected chi connectivity index (χ3v) is 12.9. The monoisotopic (exact) mass is 1100 g/mol. The fraction of sp³-hybridized carbons (Fsp3) is 0.581. The number of esters is 3. The molecule has 0 saturated carbocycles. The van der Waals surface area contributed by atoms with Crippen molar-refractivity contribution in [2.45, 2.75) is 264 Å². The molecular weight excluding hydrogens is 985 g/mol. The number of hydrogen-bond acceptors (Lipinski definition) is 6. The number of unbranched alkanes of at least 4 members (excludes halogenated alkanes) is 17. The SMILES string of the molecule is CC/C=C\C/C=C\C/C=C\C/C=C\C/C=C\C/C=C\C/C=C\CCCCCCCCCC(=O)OCC(COC(=O)CCCCCCC/C=C\C/C=C\CCCCCC)OC(=O)CCC/C=C\C/C=C\C/C=C\C/C=C\C/C=C\CC. The maximum absolute atomic E-state index is 12.9. The lowest BCUT2D eigenvalue weighted by molar-refractivity contribution is -0.167. The van der Waals surface area contributed by atoms with Crippen molar-refractivity contribution in [3.63, 3.8) is 0 Å². The van der Waals surface area contributed by atoms with Gasteiger partial charge in [-0.3, -0.25) is 14.4 Å². The zero-order valence-corrected chi connectivity index (χ0v) is 51.3. The number of rotatable bonds is 56. The van der Waals surface area contributed by atoms with Crippen LogP contribution in [0.2, 0.25) is 0 Å². The molecule has 0 aliphatic carbocycles. The van der Waals surface area contributed by atoms with E-state index in [9.17, 15) is 14.4 Å². The Morgan fingerprint density at radius 3 is 0.800 bits per heavy atom. The molecule has 0 radical (unpaired) electrons. The Bertz CT molecular complexity index is 1840. The van der Waals surface area contributed by atoms with Crippen molar-refractivity contribution in [3.05, 3.63) is 170 Å². The van der Waals surface area contributed by atoms with E-state index in [1.807, 2.05) is 0 Å². The van der Waals surface area contributed by atoms with Crippen LogP contribution in [-0.4, -0.2) is 37.2 Å². The Morgan fingerprint density at radius 1 is 0.263 bits per heavy atom. The highest BCUT2D eigenvalue weighted by molar-refractivity contribution is 5.71. The molecule has 0 aromatic rings. The third kappa shape index (κ3) is 63.6. The fourth-order valence-corrected chi connectivity index (χ4v) is 8.19. The molecule has 0 spiro atoms. The number of hydrogen-bond donors (Lipinski definition) is 0. The van der Waals surface area contributed by atoms with Gasteiger partial charge in [-0.15, -0.1) is 0 Å². The zero-order chi connectivity index (χ0) is 57.8. The van der Waals surface area contributed by atoms with Crippen molar-refractivity contribution < 1.29 is 28.6 Å². The molecule has 1 atom stereocenters. The molecule has 0 saturated heterocycles. The predicted molar refractivity (Wildman–Crippen MR) is 348 cm³/mol. The van der Waals surface area contributed by atoms with Gasteiger partial charge in [0.2, 0.25) is 0 Å². The van der Waals surface area contributed by atoms with Crippen LogP contribution < -0.4 is 0 Å².